The maximum atomic E-state index is 13.2. The van der Waals surface area contributed by atoms with Gasteiger partial charge in [0.1, 0.15) is 18.4 Å². The molecule has 0 radical (unpaired) electrons. The van der Waals surface area contributed by atoms with Crippen LogP contribution in [0.1, 0.15) is 30.8 Å². The second-order valence-electron chi connectivity index (χ2n) is 8.68. The fourth-order valence-corrected chi connectivity index (χ4v) is 3.72. The van der Waals surface area contributed by atoms with Crippen molar-refractivity contribution in [2.75, 3.05) is 44.8 Å². The molecule has 0 spiro atoms. The van der Waals surface area contributed by atoms with Gasteiger partial charge in [-0.2, -0.15) is 4.39 Å². The van der Waals surface area contributed by atoms with Crippen molar-refractivity contribution in [1.29, 1.82) is 0 Å². The minimum Gasteiger partial charge on any atom is -0.489 e. The Hall–Kier alpha value is -3.15. The van der Waals surface area contributed by atoms with Crippen molar-refractivity contribution in [2.24, 2.45) is 11.7 Å². The number of pyridine rings is 1. The first-order chi connectivity index (χ1) is 17.2. The molecule has 1 aromatic carbocycles. The molecule has 3 atom stereocenters. The molecule has 36 heavy (non-hydrogen) atoms. The Kier molecular flexibility index (Phi) is 10.1. The van der Waals surface area contributed by atoms with Gasteiger partial charge in [0, 0.05) is 31.5 Å². The molecule has 2 fully saturated rings. The number of aromatic nitrogens is 1. The van der Waals surface area contributed by atoms with E-state index in [1.54, 1.807) is 6.07 Å². The molecule has 2 saturated heterocycles. The van der Waals surface area contributed by atoms with E-state index in [1.165, 1.54) is 24.4 Å². The number of nitrogens with two attached hydrogens (primary N) is 1. The van der Waals surface area contributed by atoms with Crippen LogP contribution in [0.4, 0.5) is 14.5 Å². The highest BCUT2D eigenvalue weighted by atomic mass is 19.2. The molecular weight excluding hydrogens is 474 g/mol. The van der Waals surface area contributed by atoms with Crippen LogP contribution >= 0.6 is 0 Å². The van der Waals surface area contributed by atoms with E-state index in [2.05, 4.69) is 22.1 Å². The average Bonchev–Trinajstić information content (AvgIpc) is 3.21. The van der Waals surface area contributed by atoms with E-state index in [4.69, 9.17) is 19.9 Å². The lowest BCUT2D eigenvalue weighted by Crippen LogP contribution is -2.38. The number of halogens is 2. The number of rotatable bonds is 7. The minimum atomic E-state index is -0.922. The number of morpholine rings is 1. The Morgan fingerprint density at radius 1 is 1.22 bits per heavy atom. The van der Waals surface area contributed by atoms with Crippen LogP contribution in [0.5, 0.6) is 5.75 Å². The molecule has 0 aliphatic carbocycles. The first kappa shape index (κ1) is 27.4. The summed E-state index contributed by atoms with van der Waals surface area (Å²) in [4.78, 5) is 29.0. The lowest BCUT2D eigenvalue weighted by atomic mass is 10.0. The van der Waals surface area contributed by atoms with Crippen molar-refractivity contribution in [2.45, 2.75) is 32.5 Å². The second kappa shape index (κ2) is 13.2. The van der Waals surface area contributed by atoms with Crippen molar-refractivity contribution in [3.8, 4) is 5.75 Å². The summed E-state index contributed by atoms with van der Waals surface area (Å²) in [5, 5.41) is 2.71. The molecule has 11 heteroatoms. The zero-order valence-corrected chi connectivity index (χ0v) is 20.4. The molecule has 0 saturated carbocycles. The second-order valence-corrected chi connectivity index (χ2v) is 8.68. The molecule has 3 N–H and O–H groups in total. The number of primary amides is 1. The van der Waals surface area contributed by atoms with Gasteiger partial charge in [-0.3, -0.25) is 19.5 Å². The highest BCUT2D eigenvalue weighted by Crippen LogP contribution is 2.26. The zero-order chi connectivity index (χ0) is 26.1. The smallest absolute Gasteiger partial charge is 0.267 e. The van der Waals surface area contributed by atoms with Crippen molar-refractivity contribution in [3.63, 3.8) is 0 Å². The van der Waals surface area contributed by atoms with Crippen LogP contribution in [-0.4, -0.2) is 73.4 Å². The predicted octanol–water partition coefficient (Wildman–Crippen LogP) is 2.61. The van der Waals surface area contributed by atoms with Gasteiger partial charge < -0.3 is 25.3 Å². The zero-order valence-electron chi connectivity index (χ0n) is 20.4. The Bertz CT molecular complexity index is 1030. The standard InChI is InChI=1S/C13H17N3O3.C12H15F2NO2/c1-7-5-11(19-8(7)2)13(18)16-9-3-4-15-10(6-9)12(14)17;13-10-2-1-3-11(12(10)14)17-9-6-15-4-7-16-8-5-15/h3-4,6-8,11H,5H2,1-2H3,(H2,14,17)(H,15,16,18);1-3H,4-9H2/t7-,8?,11?;/m0./s1. The van der Waals surface area contributed by atoms with Crippen LogP contribution < -0.4 is 15.8 Å². The van der Waals surface area contributed by atoms with Gasteiger partial charge in [0.05, 0.1) is 19.3 Å². The molecular formula is C25H32F2N4O5. The summed E-state index contributed by atoms with van der Waals surface area (Å²) >= 11 is 0. The highest BCUT2D eigenvalue weighted by molar-refractivity contribution is 5.96. The van der Waals surface area contributed by atoms with Crippen LogP contribution in [0.25, 0.3) is 0 Å². The quantitative estimate of drug-likeness (QED) is 0.593. The summed E-state index contributed by atoms with van der Waals surface area (Å²) < 4.78 is 42.1. The third-order valence-electron chi connectivity index (χ3n) is 6.02. The van der Waals surface area contributed by atoms with Gasteiger partial charge >= 0.3 is 0 Å². The fourth-order valence-electron chi connectivity index (χ4n) is 3.72. The van der Waals surface area contributed by atoms with Gasteiger partial charge in [-0.25, -0.2) is 4.39 Å². The average molecular weight is 507 g/mol. The first-order valence-corrected chi connectivity index (χ1v) is 11.8. The van der Waals surface area contributed by atoms with Crippen LogP contribution in [0.3, 0.4) is 0 Å². The molecule has 2 unspecified atom stereocenters. The Morgan fingerprint density at radius 3 is 2.64 bits per heavy atom. The summed E-state index contributed by atoms with van der Waals surface area (Å²) in [6, 6.07) is 6.98. The SMILES string of the molecule is CC1OC(C(=O)Nc2ccnc(C(N)=O)c2)C[C@@H]1C.Fc1cccc(OCCN2CCOCC2)c1F. The monoisotopic (exact) mass is 506 g/mol. The molecule has 196 valence electrons. The highest BCUT2D eigenvalue weighted by Gasteiger charge is 2.33. The van der Waals surface area contributed by atoms with E-state index in [-0.39, 0.29) is 23.5 Å². The van der Waals surface area contributed by atoms with Gasteiger partial charge in [0.25, 0.3) is 11.8 Å². The number of benzene rings is 1. The number of carbonyl (C=O) groups is 2. The topological polar surface area (TPSA) is 116 Å². The van der Waals surface area contributed by atoms with Crippen LogP contribution in [0, 0.1) is 17.6 Å². The van der Waals surface area contributed by atoms with Crippen LogP contribution in [-0.2, 0) is 14.3 Å². The maximum Gasteiger partial charge on any atom is 0.267 e. The number of anilines is 1. The first-order valence-electron chi connectivity index (χ1n) is 11.8. The third-order valence-corrected chi connectivity index (χ3v) is 6.02. The molecule has 2 aliphatic heterocycles. The molecule has 2 aromatic rings. The van der Waals surface area contributed by atoms with Crippen LogP contribution in [0.15, 0.2) is 36.5 Å². The molecule has 3 heterocycles. The van der Waals surface area contributed by atoms with E-state index in [0.717, 1.165) is 19.2 Å². The summed E-state index contributed by atoms with van der Waals surface area (Å²) in [5.74, 6) is -2.32. The Labute approximate surface area is 208 Å². The van der Waals surface area contributed by atoms with E-state index >= 15 is 0 Å². The molecule has 1 aromatic heterocycles. The number of nitrogens with zero attached hydrogens (tertiary/aromatic N) is 2. The summed E-state index contributed by atoms with van der Waals surface area (Å²) in [5.41, 5.74) is 5.74. The summed E-state index contributed by atoms with van der Waals surface area (Å²) in [7, 11) is 0. The number of ether oxygens (including phenoxy) is 3. The number of hydrogen-bond donors (Lipinski definition) is 2. The fraction of sp³-hybridized carbons (Fsp3) is 0.480. The molecule has 2 aliphatic rings. The summed E-state index contributed by atoms with van der Waals surface area (Å²) in [6.45, 7) is 8.19. The minimum absolute atomic E-state index is 0.0294. The number of hydrogen-bond acceptors (Lipinski definition) is 7. The number of carbonyl (C=O) groups excluding carboxylic acids is 2. The van der Waals surface area contributed by atoms with Gasteiger partial charge in [0.15, 0.2) is 11.6 Å². The van der Waals surface area contributed by atoms with Gasteiger partial charge in [-0.05, 0) is 43.5 Å². The lowest BCUT2D eigenvalue weighted by molar-refractivity contribution is -0.126. The largest absolute Gasteiger partial charge is 0.489 e. The van der Waals surface area contributed by atoms with E-state index in [0.29, 0.717) is 44.4 Å². The van der Waals surface area contributed by atoms with Gasteiger partial charge in [-0.15, -0.1) is 0 Å². The van der Waals surface area contributed by atoms with E-state index in [9.17, 15) is 18.4 Å². The number of nitrogens with one attached hydrogen (secondary N) is 1. The lowest BCUT2D eigenvalue weighted by Gasteiger charge is -2.26. The third kappa shape index (κ3) is 7.94. The Balaban J connectivity index is 0.000000202. The molecule has 0 bridgehead atoms. The molecule has 9 nitrogen and oxygen atoms in total. The normalized spacial score (nSPS) is 21.8. The molecule has 2 amide bonds. The predicted molar refractivity (Wildman–Crippen MR) is 129 cm³/mol. The van der Waals surface area contributed by atoms with Gasteiger partial charge in [0.2, 0.25) is 5.82 Å². The number of amides is 2. The van der Waals surface area contributed by atoms with Crippen LogP contribution in [0.2, 0.25) is 0 Å². The van der Waals surface area contributed by atoms with Crippen molar-refractivity contribution in [1.82, 2.24) is 9.88 Å². The maximum absolute atomic E-state index is 13.2. The van der Waals surface area contributed by atoms with E-state index < -0.39 is 23.6 Å². The van der Waals surface area contributed by atoms with Crippen molar-refractivity contribution >= 4 is 17.5 Å². The van der Waals surface area contributed by atoms with Crippen molar-refractivity contribution in [3.05, 3.63) is 53.9 Å². The van der Waals surface area contributed by atoms with Gasteiger partial charge in [-0.1, -0.05) is 13.0 Å². The van der Waals surface area contributed by atoms with E-state index in [1.807, 2.05) is 6.92 Å². The Morgan fingerprint density at radius 2 is 1.97 bits per heavy atom. The summed E-state index contributed by atoms with van der Waals surface area (Å²) in [6.07, 6.45) is 1.75. The molecule has 4 rings (SSSR count). The van der Waals surface area contributed by atoms with Crippen molar-refractivity contribution < 1.29 is 32.6 Å².